The number of benzene rings is 1. The van der Waals surface area contributed by atoms with Gasteiger partial charge in [-0.2, -0.15) is 13.2 Å². The first-order valence-corrected chi connectivity index (χ1v) is 8.16. The molecular formula is C18H16F3N3O3. The number of nitrogens with zero attached hydrogens (tertiary/aromatic N) is 2. The molecule has 3 rings (SSSR count). The predicted molar refractivity (Wildman–Crippen MR) is 90.4 cm³/mol. The molecule has 0 spiro atoms. The van der Waals surface area contributed by atoms with Crippen molar-refractivity contribution in [3.63, 3.8) is 0 Å². The first-order chi connectivity index (χ1) is 12.8. The summed E-state index contributed by atoms with van der Waals surface area (Å²) in [6.45, 7) is 1.79. The number of ether oxygens (including phenoxy) is 1. The second kappa shape index (κ2) is 7.75. The summed E-state index contributed by atoms with van der Waals surface area (Å²) in [5.41, 5.74) is -0.668. The van der Waals surface area contributed by atoms with E-state index in [0.717, 1.165) is 12.1 Å². The van der Waals surface area contributed by atoms with Crippen molar-refractivity contribution >= 4 is 17.5 Å². The molecule has 1 N–H and O–H groups in total. The van der Waals surface area contributed by atoms with E-state index >= 15 is 0 Å². The molecule has 0 radical (unpaired) electrons. The lowest BCUT2D eigenvalue weighted by molar-refractivity contribution is -0.137. The maximum Gasteiger partial charge on any atom is 0.416 e. The highest BCUT2D eigenvalue weighted by atomic mass is 19.4. The van der Waals surface area contributed by atoms with Gasteiger partial charge in [0.1, 0.15) is 5.69 Å². The molecular weight excluding hydrogens is 363 g/mol. The van der Waals surface area contributed by atoms with Gasteiger partial charge in [-0.05, 0) is 30.3 Å². The van der Waals surface area contributed by atoms with Crippen molar-refractivity contribution in [3.05, 3.63) is 59.4 Å². The Morgan fingerprint density at radius 3 is 2.56 bits per heavy atom. The fourth-order valence-electron chi connectivity index (χ4n) is 2.61. The zero-order valence-corrected chi connectivity index (χ0v) is 14.1. The summed E-state index contributed by atoms with van der Waals surface area (Å²) in [6.07, 6.45) is -3.20. The second-order valence-electron chi connectivity index (χ2n) is 5.87. The number of nitrogens with one attached hydrogen (secondary N) is 1. The maximum atomic E-state index is 12.8. The van der Waals surface area contributed by atoms with E-state index in [2.05, 4.69) is 10.3 Å². The van der Waals surface area contributed by atoms with Crippen molar-refractivity contribution in [2.75, 3.05) is 31.6 Å². The summed E-state index contributed by atoms with van der Waals surface area (Å²) in [4.78, 5) is 30.3. The van der Waals surface area contributed by atoms with Crippen LogP contribution in [0.4, 0.5) is 18.9 Å². The van der Waals surface area contributed by atoms with Crippen LogP contribution in [0.5, 0.6) is 0 Å². The average Bonchev–Trinajstić information content (AvgIpc) is 2.68. The molecule has 0 bridgehead atoms. The van der Waals surface area contributed by atoms with Gasteiger partial charge in [-0.15, -0.1) is 0 Å². The van der Waals surface area contributed by atoms with E-state index in [1.807, 2.05) is 0 Å². The number of pyridine rings is 1. The van der Waals surface area contributed by atoms with Crippen molar-refractivity contribution in [3.8, 4) is 0 Å². The van der Waals surface area contributed by atoms with E-state index in [0.29, 0.717) is 26.3 Å². The highest BCUT2D eigenvalue weighted by molar-refractivity contribution is 6.04. The molecule has 2 aromatic rings. The lowest BCUT2D eigenvalue weighted by Gasteiger charge is -2.26. The number of carbonyl (C=O) groups is 2. The van der Waals surface area contributed by atoms with Crippen LogP contribution in [0.15, 0.2) is 42.6 Å². The summed E-state index contributed by atoms with van der Waals surface area (Å²) < 4.78 is 43.5. The Labute approximate surface area is 152 Å². The Balaban J connectivity index is 1.75. The molecule has 1 fully saturated rings. The summed E-state index contributed by atoms with van der Waals surface area (Å²) in [5.74, 6) is -0.959. The van der Waals surface area contributed by atoms with Crippen molar-refractivity contribution in [1.29, 1.82) is 0 Å². The summed E-state index contributed by atoms with van der Waals surface area (Å²) >= 11 is 0. The van der Waals surface area contributed by atoms with E-state index in [1.54, 1.807) is 4.90 Å². The molecule has 1 aliphatic heterocycles. The van der Waals surface area contributed by atoms with Crippen LogP contribution in [-0.2, 0) is 10.9 Å². The third-order valence-corrected chi connectivity index (χ3v) is 3.99. The van der Waals surface area contributed by atoms with Gasteiger partial charge in [-0.3, -0.25) is 14.6 Å². The number of amides is 2. The van der Waals surface area contributed by atoms with Crippen molar-refractivity contribution < 1.29 is 27.5 Å². The SMILES string of the molecule is O=C(Nc1cccc(C(F)(F)F)c1)c1cc(C(=O)N2CCOCC2)ccn1. The molecule has 142 valence electrons. The lowest BCUT2D eigenvalue weighted by Crippen LogP contribution is -2.40. The molecule has 2 amide bonds. The number of anilines is 1. The number of alkyl halides is 3. The normalized spacial score (nSPS) is 14.7. The van der Waals surface area contributed by atoms with E-state index in [4.69, 9.17) is 4.74 Å². The molecule has 0 saturated carbocycles. The Kier molecular flexibility index (Phi) is 5.41. The van der Waals surface area contributed by atoms with Crippen LogP contribution in [0, 0.1) is 0 Å². The summed E-state index contributed by atoms with van der Waals surface area (Å²) in [7, 11) is 0. The van der Waals surface area contributed by atoms with Gasteiger partial charge in [0.25, 0.3) is 11.8 Å². The number of hydrogen-bond donors (Lipinski definition) is 1. The maximum absolute atomic E-state index is 12.8. The van der Waals surface area contributed by atoms with Gasteiger partial charge in [-0.25, -0.2) is 0 Å². The molecule has 1 aromatic heterocycles. The minimum atomic E-state index is -4.51. The minimum Gasteiger partial charge on any atom is -0.378 e. The molecule has 1 aromatic carbocycles. The van der Waals surface area contributed by atoms with Gasteiger partial charge in [-0.1, -0.05) is 6.07 Å². The molecule has 1 saturated heterocycles. The first-order valence-electron chi connectivity index (χ1n) is 8.16. The Hall–Kier alpha value is -2.94. The van der Waals surface area contributed by atoms with Crippen LogP contribution in [0.2, 0.25) is 0 Å². The monoisotopic (exact) mass is 379 g/mol. The zero-order chi connectivity index (χ0) is 19.4. The Morgan fingerprint density at radius 1 is 1.11 bits per heavy atom. The molecule has 0 aliphatic carbocycles. The van der Waals surface area contributed by atoms with E-state index in [-0.39, 0.29) is 22.9 Å². The first kappa shape index (κ1) is 18.8. The van der Waals surface area contributed by atoms with E-state index < -0.39 is 17.6 Å². The van der Waals surface area contributed by atoms with Crippen molar-refractivity contribution in [2.45, 2.75) is 6.18 Å². The fraction of sp³-hybridized carbons (Fsp3) is 0.278. The zero-order valence-electron chi connectivity index (χ0n) is 14.1. The fourth-order valence-corrected chi connectivity index (χ4v) is 2.61. The molecule has 9 heteroatoms. The molecule has 27 heavy (non-hydrogen) atoms. The number of hydrogen-bond acceptors (Lipinski definition) is 4. The smallest absolute Gasteiger partial charge is 0.378 e. The number of morpholine rings is 1. The Morgan fingerprint density at radius 2 is 1.85 bits per heavy atom. The van der Waals surface area contributed by atoms with Gasteiger partial charge in [0.05, 0.1) is 18.8 Å². The van der Waals surface area contributed by atoms with Gasteiger partial charge in [0.15, 0.2) is 0 Å². The standard InChI is InChI=1S/C18H16F3N3O3/c19-18(20,21)13-2-1-3-14(11-13)23-16(25)15-10-12(4-5-22-15)17(26)24-6-8-27-9-7-24/h1-5,10-11H,6-9H2,(H,23,25). The minimum absolute atomic E-state index is 0.0125. The molecule has 0 atom stereocenters. The third-order valence-electron chi connectivity index (χ3n) is 3.99. The van der Waals surface area contributed by atoms with Crippen LogP contribution in [0.25, 0.3) is 0 Å². The van der Waals surface area contributed by atoms with Crippen molar-refractivity contribution in [1.82, 2.24) is 9.88 Å². The predicted octanol–water partition coefficient (Wildman–Crippen LogP) is 2.83. The summed E-state index contributed by atoms with van der Waals surface area (Å²) in [6, 6.07) is 7.09. The quantitative estimate of drug-likeness (QED) is 0.890. The van der Waals surface area contributed by atoms with Crippen LogP contribution >= 0.6 is 0 Å². The molecule has 2 heterocycles. The molecule has 0 unspecified atom stereocenters. The van der Waals surface area contributed by atoms with E-state index in [9.17, 15) is 22.8 Å². The van der Waals surface area contributed by atoms with Crippen LogP contribution in [0.1, 0.15) is 26.4 Å². The van der Waals surface area contributed by atoms with Gasteiger partial charge < -0.3 is 15.0 Å². The molecule has 1 aliphatic rings. The van der Waals surface area contributed by atoms with Gasteiger partial charge in [0, 0.05) is 30.5 Å². The van der Waals surface area contributed by atoms with Crippen LogP contribution in [0.3, 0.4) is 0 Å². The van der Waals surface area contributed by atoms with Crippen LogP contribution < -0.4 is 5.32 Å². The number of halogens is 3. The highest BCUT2D eigenvalue weighted by Crippen LogP contribution is 2.30. The highest BCUT2D eigenvalue weighted by Gasteiger charge is 2.30. The molecule has 6 nitrogen and oxygen atoms in total. The van der Waals surface area contributed by atoms with Gasteiger partial charge >= 0.3 is 6.18 Å². The second-order valence-corrected chi connectivity index (χ2v) is 5.87. The lowest BCUT2D eigenvalue weighted by atomic mass is 10.1. The third kappa shape index (κ3) is 4.62. The topological polar surface area (TPSA) is 71.5 Å². The van der Waals surface area contributed by atoms with Crippen molar-refractivity contribution in [2.24, 2.45) is 0 Å². The average molecular weight is 379 g/mol. The number of rotatable bonds is 3. The summed E-state index contributed by atoms with van der Waals surface area (Å²) in [5, 5.41) is 2.37. The number of carbonyl (C=O) groups excluding carboxylic acids is 2. The van der Waals surface area contributed by atoms with Gasteiger partial charge in [0.2, 0.25) is 0 Å². The number of aromatic nitrogens is 1. The largest absolute Gasteiger partial charge is 0.416 e. The Bertz CT molecular complexity index is 849. The van der Waals surface area contributed by atoms with E-state index in [1.165, 1.54) is 30.5 Å². The van der Waals surface area contributed by atoms with Crippen LogP contribution in [-0.4, -0.2) is 48.0 Å².